The van der Waals surface area contributed by atoms with Gasteiger partial charge in [-0.25, -0.2) is 4.58 Å². The van der Waals surface area contributed by atoms with E-state index in [1.54, 1.807) is 0 Å². The van der Waals surface area contributed by atoms with Crippen molar-refractivity contribution in [2.75, 3.05) is 7.05 Å². The molecule has 0 unspecified atom stereocenters. The van der Waals surface area contributed by atoms with Gasteiger partial charge in [0.1, 0.15) is 7.05 Å². The third-order valence-corrected chi connectivity index (χ3v) is 2.98. The van der Waals surface area contributed by atoms with E-state index in [-0.39, 0.29) is 5.41 Å². The summed E-state index contributed by atoms with van der Waals surface area (Å²) in [6.45, 7) is 6.85. The second-order valence-corrected chi connectivity index (χ2v) is 5.06. The molecule has 1 aromatic carbocycles. The van der Waals surface area contributed by atoms with Gasteiger partial charge in [-0.1, -0.05) is 39.0 Å². The van der Waals surface area contributed by atoms with Gasteiger partial charge < -0.3 is 0 Å². The standard InChI is InChI=1S/C13H18N/c1-13(2,3)12-9-10-7-5-6-8-11(10)14(12)4/h5-8H,9H2,1-4H3/q+1. The molecule has 1 heterocycles. The fourth-order valence-corrected chi connectivity index (χ4v) is 2.20. The van der Waals surface area contributed by atoms with E-state index in [1.807, 2.05) is 0 Å². The van der Waals surface area contributed by atoms with E-state index in [9.17, 15) is 0 Å². The Bertz CT molecular complexity index is 394. The molecule has 0 bridgehead atoms. The molecule has 1 nitrogen and oxygen atoms in total. The molecule has 0 aliphatic carbocycles. The lowest BCUT2D eigenvalue weighted by Gasteiger charge is -2.14. The highest BCUT2D eigenvalue weighted by molar-refractivity contribution is 5.91. The van der Waals surface area contributed by atoms with Gasteiger partial charge in [0.05, 0.1) is 6.42 Å². The maximum atomic E-state index is 2.34. The lowest BCUT2D eigenvalue weighted by atomic mass is 9.87. The first-order valence-electron chi connectivity index (χ1n) is 5.18. The van der Waals surface area contributed by atoms with Crippen molar-refractivity contribution in [3.63, 3.8) is 0 Å². The number of hydrogen-bond donors (Lipinski definition) is 0. The van der Waals surface area contributed by atoms with Crippen molar-refractivity contribution in [2.24, 2.45) is 5.41 Å². The molecule has 2 rings (SSSR count). The molecule has 1 aliphatic rings. The Morgan fingerprint density at radius 1 is 1.14 bits per heavy atom. The summed E-state index contributed by atoms with van der Waals surface area (Å²) in [5.74, 6) is 0. The molecule has 1 aliphatic heterocycles. The van der Waals surface area contributed by atoms with Crippen LogP contribution >= 0.6 is 0 Å². The van der Waals surface area contributed by atoms with E-state index in [0.29, 0.717) is 0 Å². The van der Waals surface area contributed by atoms with Gasteiger partial charge in [0.2, 0.25) is 5.69 Å². The summed E-state index contributed by atoms with van der Waals surface area (Å²) in [5, 5.41) is 0. The largest absolute Gasteiger partial charge is 0.208 e. The van der Waals surface area contributed by atoms with E-state index >= 15 is 0 Å². The van der Waals surface area contributed by atoms with Gasteiger partial charge in [0.25, 0.3) is 0 Å². The minimum absolute atomic E-state index is 0.272. The number of rotatable bonds is 0. The minimum atomic E-state index is 0.272. The van der Waals surface area contributed by atoms with Gasteiger partial charge >= 0.3 is 0 Å². The first-order valence-corrected chi connectivity index (χ1v) is 5.18. The molecule has 0 fully saturated rings. The summed E-state index contributed by atoms with van der Waals surface area (Å²) in [6.07, 6.45) is 1.11. The molecular weight excluding hydrogens is 170 g/mol. The van der Waals surface area contributed by atoms with Crippen LogP contribution < -0.4 is 0 Å². The quantitative estimate of drug-likeness (QED) is 0.551. The zero-order valence-electron chi connectivity index (χ0n) is 9.46. The Labute approximate surface area is 86.1 Å². The number of fused-ring (bicyclic) bond motifs is 1. The van der Waals surface area contributed by atoms with Crippen LogP contribution in [0.25, 0.3) is 0 Å². The molecule has 0 radical (unpaired) electrons. The molecule has 0 spiro atoms. The summed E-state index contributed by atoms with van der Waals surface area (Å²) >= 11 is 0. The summed E-state index contributed by atoms with van der Waals surface area (Å²) in [4.78, 5) is 0. The second kappa shape index (κ2) is 2.94. The molecule has 1 heteroatoms. The predicted octanol–water partition coefficient (Wildman–Crippen LogP) is 3.00. The molecule has 0 aromatic heterocycles. The maximum absolute atomic E-state index is 2.34. The predicted molar refractivity (Wildman–Crippen MR) is 60.5 cm³/mol. The van der Waals surface area contributed by atoms with Crippen molar-refractivity contribution in [1.29, 1.82) is 0 Å². The number of nitrogens with zero attached hydrogens (tertiary/aromatic N) is 1. The minimum Gasteiger partial charge on any atom is -0.202 e. The van der Waals surface area contributed by atoms with Crippen molar-refractivity contribution >= 4 is 11.4 Å². The lowest BCUT2D eigenvalue weighted by molar-refractivity contribution is -0.406. The average Bonchev–Trinajstić information content (AvgIpc) is 2.44. The monoisotopic (exact) mass is 188 g/mol. The molecule has 74 valence electrons. The van der Waals surface area contributed by atoms with Crippen LogP contribution in [0.2, 0.25) is 0 Å². The third-order valence-electron chi connectivity index (χ3n) is 2.98. The van der Waals surface area contributed by atoms with E-state index in [0.717, 1.165) is 6.42 Å². The van der Waals surface area contributed by atoms with Crippen molar-refractivity contribution in [3.05, 3.63) is 29.8 Å². The van der Waals surface area contributed by atoms with Gasteiger partial charge in [-0.15, -0.1) is 0 Å². The number of hydrogen-bond acceptors (Lipinski definition) is 0. The van der Waals surface area contributed by atoms with Crippen LogP contribution in [0, 0.1) is 5.41 Å². The Morgan fingerprint density at radius 3 is 2.36 bits per heavy atom. The van der Waals surface area contributed by atoms with Gasteiger partial charge in [-0.2, -0.15) is 0 Å². The van der Waals surface area contributed by atoms with E-state index in [2.05, 4.69) is 56.7 Å². The summed E-state index contributed by atoms with van der Waals surface area (Å²) in [6, 6.07) is 8.66. The Hall–Kier alpha value is -1.11. The van der Waals surface area contributed by atoms with Gasteiger partial charge in [-0.3, -0.25) is 0 Å². The highest BCUT2D eigenvalue weighted by Gasteiger charge is 2.34. The first-order chi connectivity index (χ1) is 6.50. The summed E-state index contributed by atoms with van der Waals surface area (Å²) in [5.41, 5.74) is 4.62. The van der Waals surface area contributed by atoms with Crippen molar-refractivity contribution in [3.8, 4) is 0 Å². The third kappa shape index (κ3) is 1.37. The smallest absolute Gasteiger partial charge is 0.202 e. The molecule has 14 heavy (non-hydrogen) atoms. The van der Waals surface area contributed by atoms with Crippen molar-refractivity contribution in [1.82, 2.24) is 0 Å². The zero-order valence-corrected chi connectivity index (χ0v) is 9.46. The Kier molecular flexibility index (Phi) is 1.99. The molecule has 0 saturated carbocycles. The zero-order chi connectivity index (χ0) is 10.3. The lowest BCUT2D eigenvalue weighted by Crippen LogP contribution is -2.25. The highest BCUT2D eigenvalue weighted by atomic mass is 15.0. The normalized spacial score (nSPS) is 16.0. The second-order valence-electron chi connectivity index (χ2n) is 5.06. The SMILES string of the molecule is C[N+]1=C(C(C)(C)C)Cc2ccccc21. The summed E-state index contributed by atoms with van der Waals surface area (Å²) < 4.78 is 2.34. The Balaban J connectivity index is 2.50. The fraction of sp³-hybridized carbons (Fsp3) is 0.462. The summed E-state index contributed by atoms with van der Waals surface area (Å²) in [7, 11) is 2.17. The van der Waals surface area contributed by atoms with Gasteiger partial charge in [-0.05, 0) is 0 Å². The number of para-hydroxylation sites is 1. The molecule has 0 saturated heterocycles. The molecule has 0 amide bonds. The molecule has 0 atom stereocenters. The molecule has 0 N–H and O–H groups in total. The van der Waals surface area contributed by atoms with Crippen LogP contribution in [0.4, 0.5) is 5.69 Å². The van der Waals surface area contributed by atoms with Gasteiger partial charge in [0, 0.05) is 17.0 Å². The maximum Gasteiger partial charge on any atom is 0.208 e. The van der Waals surface area contributed by atoms with Crippen LogP contribution in [0.5, 0.6) is 0 Å². The first kappa shape index (κ1) is 9.45. The molecular formula is C13H18N+. The number of benzene rings is 1. The highest BCUT2D eigenvalue weighted by Crippen LogP contribution is 2.31. The van der Waals surface area contributed by atoms with Gasteiger partial charge in [0.15, 0.2) is 5.71 Å². The van der Waals surface area contributed by atoms with E-state index < -0.39 is 0 Å². The van der Waals surface area contributed by atoms with Crippen LogP contribution in [0.3, 0.4) is 0 Å². The van der Waals surface area contributed by atoms with E-state index in [1.165, 1.54) is 17.0 Å². The van der Waals surface area contributed by atoms with Crippen LogP contribution in [-0.4, -0.2) is 17.3 Å². The van der Waals surface area contributed by atoms with Crippen LogP contribution in [0.1, 0.15) is 26.3 Å². The van der Waals surface area contributed by atoms with Crippen molar-refractivity contribution < 1.29 is 4.58 Å². The Morgan fingerprint density at radius 2 is 1.79 bits per heavy atom. The van der Waals surface area contributed by atoms with E-state index in [4.69, 9.17) is 0 Å². The van der Waals surface area contributed by atoms with Crippen LogP contribution in [0.15, 0.2) is 24.3 Å². The fourth-order valence-electron chi connectivity index (χ4n) is 2.20. The molecule has 1 aromatic rings. The van der Waals surface area contributed by atoms with Crippen LogP contribution in [-0.2, 0) is 6.42 Å². The van der Waals surface area contributed by atoms with Crippen molar-refractivity contribution in [2.45, 2.75) is 27.2 Å². The average molecular weight is 188 g/mol. The topological polar surface area (TPSA) is 3.01 Å².